The van der Waals surface area contributed by atoms with Gasteiger partial charge in [-0.25, -0.2) is 0 Å². The van der Waals surface area contributed by atoms with Crippen molar-refractivity contribution in [1.82, 2.24) is 15.1 Å². The number of nitrogens with two attached hydrogens (primary N) is 1. The third kappa shape index (κ3) is 3.06. The van der Waals surface area contributed by atoms with Crippen LogP contribution < -0.4 is 11.1 Å². The van der Waals surface area contributed by atoms with Gasteiger partial charge in [-0.2, -0.15) is 5.10 Å². The topological polar surface area (TPSA) is 72.9 Å². The molecule has 0 aliphatic rings. The van der Waals surface area contributed by atoms with Gasteiger partial charge >= 0.3 is 0 Å². The minimum absolute atomic E-state index is 0.00324. The van der Waals surface area contributed by atoms with E-state index in [1.54, 1.807) is 4.68 Å². The molecule has 0 fully saturated rings. The molecule has 0 radical (unpaired) electrons. The van der Waals surface area contributed by atoms with Gasteiger partial charge in [0.05, 0.1) is 12.1 Å². The van der Waals surface area contributed by atoms with Crippen LogP contribution in [0.4, 0.5) is 0 Å². The predicted octanol–water partition coefficient (Wildman–Crippen LogP) is 0.0428. The van der Waals surface area contributed by atoms with Gasteiger partial charge in [0.1, 0.15) is 0 Å². The lowest BCUT2D eigenvalue weighted by atomic mass is 10.1. The van der Waals surface area contributed by atoms with E-state index in [-0.39, 0.29) is 11.9 Å². The standard InChI is InChI=1S/C11H20N4O/c1-7(12)6-13-11(16)5-10-8(2)14-15(4)9(10)3/h7H,5-6,12H2,1-4H3,(H,13,16). The zero-order chi connectivity index (χ0) is 12.3. The molecule has 1 rings (SSSR count). The van der Waals surface area contributed by atoms with Gasteiger partial charge in [0.25, 0.3) is 0 Å². The maximum atomic E-state index is 11.6. The van der Waals surface area contributed by atoms with Crippen LogP contribution in [0.15, 0.2) is 0 Å². The maximum Gasteiger partial charge on any atom is 0.224 e. The molecule has 0 aliphatic carbocycles. The number of rotatable bonds is 4. The third-order valence-corrected chi connectivity index (χ3v) is 2.62. The molecule has 0 spiro atoms. The summed E-state index contributed by atoms with van der Waals surface area (Å²) >= 11 is 0. The van der Waals surface area contributed by atoms with Crippen LogP contribution in [0, 0.1) is 13.8 Å². The highest BCUT2D eigenvalue weighted by molar-refractivity contribution is 5.79. The number of carbonyl (C=O) groups is 1. The van der Waals surface area contributed by atoms with Crippen LogP contribution in [0.2, 0.25) is 0 Å². The highest BCUT2D eigenvalue weighted by Crippen LogP contribution is 2.12. The smallest absolute Gasteiger partial charge is 0.224 e. The van der Waals surface area contributed by atoms with Crippen LogP contribution >= 0.6 is 0 Å². The van der Waals surface area contributed by atoms with E-state index in [0.29, 0.717) is 13.0 Å². The largest absolute Gasteiger partial charge is 0.354 e. The molecule has 1 amide bonds. The fourth-order valence-corrected chi connectivity index (χ4v) is 1.57. The molecule has 0 aliphatic heterocycles. The first-order chi connectivity index (χ1) is 7.41. The zero-order valence-electron chi connectivity index (χ0n) is 10.4. The zero-order valence-corrected chi connectivity index (χ0v) is 10.4. The van der Waals surface area contributed by atoms with Gasteiger partial charge in [-0.15, -0.1) is 0 Å². The Morgan fingerprint density at radius 2 is 2.19 bits per heavy atom. The lowest BCUT2D eigenvalue weighted by Crippen LogP contribution is -2.36. The SMILES string of the molecule is Cc1nn(C)c(C)c1CC(=O)NCC(C)N. The Hall–Kier alpha value is -1.36. The van der Waals surface area contributed by atoms with Crippen molar-refractivity contribution in [3.63, 3.8) is 0 Å². The highest BCUT2D eigenvalue weighted by atomic mass is 16.1. The van der Waals surface area contributed by atoms with E-state index < -0.39 is 0 Å². The number of amides is 1. The Kier molecular flexibility index (Phi) is 4.06. The molecule has 0 saturated heterocycles. The average Bonchev–Trinajstić information content (AvgIpc) is 2.42. The Labute approximate surface area is 96.0 Å². The van der Waals surface area contributed by atoms with Crippen molar-refractivity contribution in [2.75, 3.05) is 6.54 Å². The molecular weight excluding hydrogens is 204 g/mol. The van der Waals surface area contributed by atoms with Gasteiger partial charge < -0.3 is 11.1 Å². The number of nitrogens with zero attached hydrogens (tertiary/aromatic N) is 2. The van der Waals surface area contributed by atoms with Gasteiger partial charge in [-0.3, -0.25) is 9.48 Å². The molecule has 16 heavy (non-hydrogen) atoms. The second kappa shape index (κ2) is 5.12. The lowest BCUT2D eigenvalue weighted by molar-refractivity contribution is -0.120. The Morgan fingerprint density at radius 1 is 1.56 bits per heavy atom. The summed E-state index contributed by atoms with van der Waals surface area (Å²) < 4.78 is 1.80. The summed E-state index contributed by atoms with van der Waals surface area (Å²) in [6.07, 6.45) is 0.373. The molecule has 1 aromatic rings. The van der Waals surface area contributed by atoms with E-state index in [2.05, 4.69) is 10.4 Å². The molecule has 1 atom stereocenters. The van der Waals surface area contributed by atoms with E-state index in [1.165, 1.54) is 0 Å². The van der Waals surface area contributed by atoms with Crippen molar-refractivity contribution in [3.05, 3.63) is 17.0 Å². The van der Waals surface area contributed by atoms with E-state index >= 15 is 0 Å². The molecule has 5 heteroatoms. The molecule has 1 aromatic heterocycles. The monoisotopic (exact) mass is 224 g/mol. The van der Waals surface area contributed by atoms with Crippen molar-refractivity contribution in [1.29, 1.82) is 0 Å². The summed E-state index contributed by atoms with van der Waals surface area (Å²) in [4.78, 5) is 11.6. The van der Waals surface area contributed by atoms with Gasteiger partial charge in [0.15, 0.2) is 0 Å². The summed E-state index contributed by atoms with van der Waals surface area (Å²) in [6.45, 7) is 6.26. The molecule has 0 aromatic carbocycles. The second-order valence-electron chi connectivity index (χ2n) is 4.23. The van der Waals surface area contributed by atoms with Gasteiger partial charge in [0.2, 0.25) is 5.91 Å². The number of aryl methyl sites for hydroxylation is 2. The van der Waals surface area contributed by atoms with Gasteiger partial charge in [0, 0.05) is 30.9 Å². The average molecular weight is 224 g/mol. The molecule has 90 valence electrons. The Bertz CT molecular complexity index is 382. The van der Waals surface area contributed by atoms with Crippen LogP contribution in [-0.4, -0.2) is 28.3 Å². The minimum Gasteiger partial charge on any atom is -0.354 e. The van der Waals surface area contributed by atoms with Crippen LogP contribution in [0.1, 0.15) is 23.9 Å². The normalized spacial score (nSPS) is 12.6. The van der Waals surface area contributed by atoms with Gasteiger partial charge in [-0.1, -0.05) is 0 Å². The first-order valence-corrected chi connectivity index (χ1v) is 5.43. The Balaban J connectivity index is 2.63. The predicted molar refractivity (Wildman–Crippen MR) is 63.0 cm³/mol. The highest BCUT2D eigenvalue weighted by Gasteiger charge is 2.13. The first-order valence-electron chi connectivity index (χ1n) is 5.43. The maximum absolute atomic E-state index is 11.6. The summed E-state index contributed by atoms with van der Waals surface area (Å²) in [5.74, 6) is -0.00324. The molecule has 3 N–H and O–H groups in total. The Morgan fingerprint density at radius 3 is 2.62 bits per heavy atom. The molecule has 1 heterocycles. The fraction of sp³-hybridized carbons (Fsp3) is 0.636. The quantitative estimate of drug-likeness (QED) is 0.758. The van der Waals surface area contributed by atoms with E-state index in [4.69, 9.17) is 5.73 Å². The van der Waals surface area contributed by atoms with Crippen molar-refractivity contribution in [2.45, 2.75) is 33.2 Å². The number of hydrogen-bond acceptors (Lipinski definition) is 3. The minimum atomic E-state index is -0.0138. The molecule has 1 unspecified atom stereocenters. The van der Waals surface area contributed by atoms with Crippen molar-refractivity contribution in [2.24, 2.45) is 12.8 Å². The van der Waals surface area contributed by atoms with Gasteiger partial charge in [-0.05, 0) is 20.8 Å². The molecule has 0 bridgehead atoms. The van der Waals surface area contributed by atoms with E-state index in [0.717, 1.165) is 17.0 Å². The molecule has 0 saturated carbocycles. The second-order valence-corrected chi connectivity index (χ2v) is 4.23. The summed E-state index contributed by atoms with van der Waals surface area (Å²) in [5.41, 5.74) is 8.52. The first kappa shape index (κ1) is 12.7. The lowest BCUT2D eigenvalue weighted by Gasteiger charge is -2.07. The van der Waals surface area contributed by atoms with Crippen molar-refractivity contribution < 1.29 is 4.79 Å². The summed E-state index contributed by atoms with van der Waals surface area (Å²) in [6, 6.07) is -0.0138. The number of carbonyl (C=O) groups excluding carboxylic acids is 1. The fourth-order valence-electron chi connectivity index (χ4n) is 1.57. The summed E-state index contributed by atoms with van der Waals surface area (Å²) in [7, 11) is 1.88. The number of hydrogen-bond donors (Lipinski definition) is 2. The van der Waals surface area contributed by atoms with Crippen molar-refractivity contribution >= 4 is 5.91 Å². The van der Waals surface area contributed by atoms with Crippen LogP contribution in [0.25, 0.3) is 0 Å². The molecule has 5 nitrogen and oxygen atoms in total. The van der Waals surface area contributed by atoms with Crippen LogP contribution in [-0.2, 0) is 18.3 Å². The molecular formula is C11H20N4O. The van der Waals surface area contributed by atoms with E-state index in [9.17, 15) is 4.79 Å². The van der Waals surface area contributed by atoms with Crippen LogP contribution in [0.5, 0.6) is 0 Å². The van der Waals surface area contributed by atoms with Crippen molar-refractivity contribution in [3.8, 4) is 0 Å². The number of aromatic nitrogens is 2. The van der Waals surface area contributed by atoms with E-state index in [1.807, 2.05) is 27.8 Å². The summed E-state index contributed by atoms with van der Waals surface area (Å²) in [5, 5.41) is 7.06. The van der Waals surface area contributed by atoms with Crippen LogP contribution in [0.3, 0.4) is 0 Å². The third-order valence-electron chi connectivity index (χ3n) is 2.62. The number of nitrogens with one attached hydrogen (secondary N) is 1.